The fraction of sp³-hybridized carbons (Fsp3) is 0.129. The molecule has 4 aromatic carbocycles. The number of nitrogens with zero attached hydrogens (tertiary/aromatic N) is 2. The number of methoxy groups -OCH3 is 1. The van der Waals surface area contributed by atoms with Gasteiger partial charge in [0.15, 0.2) is 0 Å². The van der Waals surface area contributed by atoms with Crippen LogP contribution < -0.4 is 10.1 Å². The van der Waals surface area contributed by atoms with Gasteiger partial charge in [-0.15, -0.1) is 0 Å². The van der Waals surface area contributed by atoms with Crippen LogP contribution in [0.2, 0.25) is 0 Å². The van der Waals surface area contributed by atoms with Crippen molar-refractivity contribution in [1.29, 1.82) is 0 Å². The Bertz CT molecular complexity index is 1530. The molecule has 0 bridgehead atoms. The molecule has 0 aromatic heterocycles. The third-order valence-corrected chi connectivity index (χ3v) is 7.04. The summed E-state index contributed by atoms with van der Waals surface area (Å²) in [7, 11) is 1.56. The van der Waals surface area contributed by atoms with Crippen molar-refractivity contribution in [3.63, 3.8) is 0 Å². The molecular formula is C31H25N3O4. The van der Waals surface area contributed by atoms with Crippen molar-refractivity contribution in [2.24, 2.45) is 0 Å². The molecule has 3 amide bonds. The summed E-state index contributed by atoms with van der Waals surface area (Å²) in [5.74, 6) is -0.180. The molecular weight excluding hydrogens is 478 g/mol. The topological polar surface area (TPSA) is 79.0 Å². The minimum Gasteiger partial charge on any atom is -0.496 e. The van der Waals surface area contributed by atoms with E-state index in [0.29, 0.717) is 34.5 Å². The van der Waals surface area contributed by atoms with Gasteiger partial charge in [-0.3, -0.25) is 19.3 Å². The maximum absolute atomic E-state index is 13.7. The van der Waals surface area contributed by atoms with Crippen LogP contribution in [0.1, 0.15) is 53.9 Å². The first-order valence-corrected chi connectivity index (χ1v) is 12.4. The van der Waals surface area contributed by atoms with Gasteiger partial charge in [-0.05, 0) is 47.5 Å². The molecule has 1 N–H and O–H groups in total. The number of ether oxygens (including phenoxy) is 1. The Morgan fingerprint density at radius 2 is 1.34 bits per heavy atom. The summed E-state index contributed by atoms with van der Waals surface area (Å²) in [6, 6.07) is 29.7. The number of carbonyl (C=O) groups excluding carboxylic acids is 3. The maximum Gasteiger partial charge on any atom is 0.261 e. The van der Waals surface area contributed by atoms with E-state index >= 15 is 0 Å². The molecule has 1 unspecified atom stereocenters. The Balaban J connectivity index is 1.37. The van der Waals surface area contributed by atoms with Crippen LogP contribution in [0.15, 0.2) is 97.1 Å². The third kappa shape index (κ3) is 3.98. The van der Waals surface area contributed by atoms with Crippen molar-refractivity contribution in [3.05, 3.63) is 130 Å². The molecule has 0 fully saturated rings. The Labute approximate surface area is 220 Å². The van der Waals surface area contributed by atoms with Crippen LogP contribution in [0.3, 0.4) is 0 Å². The van der Waals surface area contributed by atoms with Crippen LogP contribution >= 0.6 is 0 Å². The van der Waals surface area contributed by atoms with E-state index in [1.165, 1.54) is 4.90 Å². The summed E-state index contributed by atoms with van der Waals surface area (Å²) < 4.78 is 5.60. The lowest BCUT2D eigenvalue weighted by Crippen LogP contribution is -2.42. The summed E-state index contributed by atoms with van der Waals surface area (Å²) in [5, 5.41) is 3.52. The molecule has 7 nitrogen and oxygen atoms in total. The Morgan fingerprint density at radius 3 is 2.03 bits per heavy atom. The minimum absolute atomic E-state index is 0.0549. The lowest BCUT2D eigenvalue weighted by molar-refractivity contribution is 0.0640. The van der Waals surface area contributed by atoms with E-state index in [1.54, 1.807) is 36.3 Å². The van der Waals surface area contributed by atoms with Crippen molar-refractivity contribution in [2.75, 3.05) is 12.4 Å². The number of hydrogen-bond acceptors (Lipinski definition) is 5. The van der Waals surface area contributed by atoms with Crippen LogP contribution in [0.4, 0.5) is 5.69 Å². The number of nitrogens with one attached hydrogen (secondary N) is 1. The number of benzene rings is 4. The number of imide groups is 1. The summed E-state index contributed by atoms with van der Waals surface area (Å²) in [6.07, 6.45) is -0.468. The predicted molar refractivity (Wildman–Crippen MR) is 143 cm³/mol. The van der Waals surface area contributed by atoms with Gasteiger partial charge in [0.25, 0.3) is 17.7 Å². The second kappa shape index (κ2) is 9.52. The highest BCUT2D eigenvalue weighted by atomic mass is 16.5. The molecule has 0 saturated heterocycles. The number of hydrogen-bond donors (Lipinski definition) is 1. The van der Waals surface area contributed by atoms with E-state index in [4.69, 9.17) is 4.74 Å². The largest absolute Gasteiger partial charge is 0.496 e. The van der Waals surface area contributed by atoms with Gasteiger partial charge in [0.05, 0.1) is 30.3 Å². The SMILES string of the molecule is COc1ccc(C2Nc3ccccc3C(=O)N2Cc2ccccc2)cc1CN1C(=O)c2ccccc2C1=O. The Hall–Kier alpha value is -4.91. The Kier molecular flexibility index (Phi) is 5.88. The van der Waals surface area contributed by atoms with Crippen molar-refractivity contribution in [3.8, 4) is 5.75 Å². The summed E-state index contributed by atoms with van der Waals surface area (Å²) in [6.45, 7) is 0.463. The smallest absolute Gasteiger partial charge is 0.261 e. The van der Waals surface area contributed by atoms with Crippen molar-refractivity contribution in [2.45, 2.75) is 19.3 Å². The monoisotopic (exact) mass is 503 g/mol. The fourth-order valence-corrected chi connectivity index (χ4v) is 5.14. The minimum atomic E-state index is -0.468. The number of para-hydroxylation sites is 1. The molecule has 188 valence electrons. The zero-order valence-electron chi connectivity index (χ0n) is 20.8. The molecule has 2 aliphatic rings. The summed E-state index contributed by atoms with van der Waals surface area (Å²) in [4.78, 5) is 42.8. The quantitative estimate of drug-likeness (QED) is 0.363. The highest BCUT2D eigenvalue weighted by Gasteiger charge is 2.37. The van der Waals surface area contributed by atoms with E-state index in [9.17, 15) is 14.4 Å². The number of rotatable bonds is 6. The van der Waals surface area contributed by atoms with Gasteiger partial charge in [0.2, 0.25) is 0 Å². The average molecular weight is 504 g/mol. The van der Waals surface area contributed by atoms with Gasteiger partial charge in [-0.25, -0.2) is 0 Å². The molecule has 6 rings (SSSR count). The van der Waals surface area contributed by atoms with Crippen LogP contribution in [-0.4, -0.2) is 34.6 Å². The predicted octanol–water partition coefficient (Wildman–Crippen LogP) is 5.26. The van der Waals surface area contributed by atoms with Crippen LogP contribution in [0, 0.1) is 0 Å². The van der Waals surface area contributed by atoms with Gasteiger partial charge < -0.3 is 15.0 Å². The van der Waals surface area contributed by atoms with Crippen molar-refractivity contribution < 1.29 is 19.1 Å². The highest BCUT2D eigenvalue weighted by molar-refractivity contribution is 6.21. The highest BCUT2D eigenvalue weighted by Crippen LogP contribution is 2.36. The lowest BCUT2D eigenvalue weighted by atomic mass is 10.0. The third-order valence-electron chi connectivity index (χ3n) is 7.04. The normalized spacial score (nSPS) is 16.2. The van der Waals surface area contributed by atoms with E-state index in [2.05, 4.69) is 5.32 Å². The van der Waals surface area contributed by atoms with Gasteiger partial charge >= 0.3 is 0 Å². The zero-order valence-corrected chi connectivity index (χ0v) is 20.8. The first-order chi connectivity index (χ1) is 18.5. The molecule has 4 aromatic rings. The number of carbonyl (C=O) groups is 3. The fourth-order valence-electron chi connectivity index (χ4n) is 5.14. The first-order valence-electron chi connectivity index (χ1n) is 12.4. The molecule has 38 heavy (non-hydrogen) atoms. The number of amides is 3. The van der Waals surface area contributed by atoms with Gasteiger partial charge in [-0.1, -0.05) is 60.7 Å². The second-order valence-electron chi connectivity index (χ2n) is 9.32. The van der Waals surface area contributed by atoms with E-state index in [1.807, 2.05) is 72.8 Å². The molecule has 1 atom stereocenters. The van der Waals surface area contributed by atoms with Crippen molar-refractivity contribution >= 4 is 23.4 Å². The van der Waals surface area contributed by atoms with Crippen LogP contribution in [0.5, 0.6) is 5.75 Å². The van der Waals surface area contributed by atoms with Crippen LogP contribution in [0.25, 0.3) is 0 Å². The maximum atomic E-state index is 13.7. The van der Waals surface area contributed by atoms with Crippen molar-refractivity contribution in [1.82, 2.24) is 9.80 Å². The molecule has 2 heterocycles. The standard InChI is InChI=1S/C31H25N3O4/c1-38-27-16-15-21(17-22(27)19-34-29(35)23-11-5-6-12-24(23)30(34)36)28-32-26-14-8-7-13-25(26)31(37)33(28)18-20-9-3-2-4-10-20/h2-17,28,32H,18-19H2,1H3. The molecule has 0 radical (unpaired) electrons. The molecule has 2 aliphatic heterocycles. The van der Waals surface area contributed by atoms with Crippen LogP contribution in [-0.2, 0) is 13.1 Å². The zero-order chi connectivity index (χ0) is 26.2. The molecule has 7 heteroatoms. The summed E-state index contributed by atoms with van der Waals surface area (Å²) >= 11 is 0. The average Bonchev–Trinajstić information content (AvgIpc) is 3.20. The van der Waals surface area contributed by atoms with E-state index in [0.717, 1.165) is 16.8 Å². The van der Waals surface area contributed by atoms with E-state index in [-0.39, 0.29) is 24.3 Å². The molecule has 0 aliphatic carbocycles. The van der Waals surface area contributed by atoms with Gasteiger partial charge in [0.1, 0.15) is 11.9 Å². The molecule has 0 saturated carbocycles. The van der Waals surface area contributed by atoms with Gasteiger partial charge in [-0.2, -0.15) is 0 Å². The second-order valence-corrected chi connectivity index (χ2v) is 9.32. The van der Waals surface area contributed by atoms with E-state index < -0.39 is 6.17 Å². The summed E-state index contributed by atoms with van der Waals surface area (Å²) in [5.41, 5.74) is 4.66. The number of anilines is 1. The molecule has 0 spiro atoms. The Morgan fingerprint density at radius 1 is 0.711 bits per heavy atom. The first kappa shape index (κ1) is 23.5. The lowest BCUT2D eigenvalue weighted by Gasteiger charge is -2.38. The van der Waals surface area contributed by atoms with Gasteiger partial charge in [0, 0.05) is 17.8 Å². The number of fused-ring (bicyclic) bond motifs is 2.